The van der Waals surface area contributed by atoms with Crippen LogP contribution >= 0.6 is 12.4 Å². The highest BCUT2D eigenvalue weighted by atomic mass is 35.5. The van der Waals surface area contributed by atoms with Crippen molar-refractivity contribution in [3.05, 3.63) is 35.9 Å². The molecule has 0 saturated carbocycles. The van der Waals surface area contributed by atoms with Crippen molar-refractivity contribution in [1.29, 1.82) is 0 Å². The minimum absolute atomic E-state index is 0. The number of hydrogen-bond acceptors (Lipinski definition) is 17. The van der Waals surface area contributed by atoms with Crippen molar-refractivity contribution in [2.24, 2.45) is 39.9 Å². The van der Waals surface area contributed by atoms with E-state index in [-0.39, 0.29) is 63.1 Å². The summed E-state index contributed by atoms with van der Waals surface area (Å²) in [5.41, 5.74) is 16.8. The lowest BCUT2D eigenvalue weighted by molar-refractivity contribution is -0.140. The second kappa shape index (κ2) is 34.5. The number of alkyl carbamates (subject to hydrolysis) is 1. The Morgan fingerprint density at radius 2 is 1.24 bits per heavy atom. The van der Waals surface area contributed by atoms with Crippen LogP contribution < -0.4 is 70.4 Å². The molecule has 1 aromatic rings. The van der Waals surface area contributed by atoms with Crippen LogP contribution in [0.4, 0.5) is 4.79 Å². The van der Waals surface area contributed by atoms with Gasteiger partial charge in [-0.3, -0.25) is 52.9 Å². The summed E-state index contributed by atoms with van der Waals surface area (Å²) in [6.07, 6.45) is -7.01. The lowest BCUT2D eigenvalue weighted by Gasteiger charge is -2.31. The minimum Gasteiger partial charge on any atom is -0.445 e. The molecule has 444 valence electrons. The van der Waals surface area contributed by atoms with Gasteiger partial charge in [0.05, 0.1) is 25.4 Å². The highest BCUT2D eigenvalue weighted by Gasteiger charge is 2.40. The number of nitrogens with zero attached hydrogens (tertiary/aromatic N) is 1. The molecule has 12 atom stereocenters. The second-order valence-electron chi connectivity index (χ2n) is 19.4. The van der Waals surface area contributed by atoms with Gasteiger partial charge in [0.15, 0.2) is 12.1 Å². The van der Waals surface area contributed by atoms with E-state index in [1.54, 1.807) is 58.0 Å². The number of aliphatic imine (C=N–C) groups is 1. The zero-order valence-corrected chi connectivity index (χ0v) is 45.9. The number of ether oxygens (including phenoxy) is 1. The first-order valence-electron chi connectivity index (χ1n) is 25.3. The van der Waals surface area contributed by atoms with Crippen molar-refractivity contribution < 1.29 is 77.9 Å². The van der Waals surface area contributed by atoms with Crippen LogP contribution in [0.25, 0.3) is 0 Å². The number of benzene rings is 1. The van der Waals surface area contributed by atoms with Gasteiger partial charge in [-0.2, -0.15) is 0 Å². The molecule has 1 aromatic carbocycles. The van der Waals surface area contributed by atoms with Crippen LogP contribution in [0, 0.1) is 17.8 Å². The highest BCUT2D eigenvalue weighted by molar-refractivity contribution is 6.00. The SMILES string of the molecule is CC[C@H](C)[C@@H]1NC(=O)[C@@H](CCCN=C(N)N)NC(=O)[C@H](CC(C)C)NC(=O)[C@H]([C@H](O)C(C)C)NC(=O)[C@@H](NC(=O)OCc2ccccc2)CNC(=O)[C@H](CO)NC(=O)[C@H]([C@H](O)C(N)=O)NC(=O)CNC(=O)[C@H]([C@H](C)O)NC1=O.Cl. The Balaban J connectivity index is 0.0000312. The van der Waals surface area contributed by atoms with Crippen molar-refractivity contribution in [3.63, 3.8) is 0 Å². The molecule has 2 rings (SSSR count). The smallest absolute Gasteiger partial charge is 0.408 e. The monoisotopic (exact) mass is 1140 g/mol. The van der Waals surface area contributed by atoms with Crippen molar-refractivity contribution in [2.75, 3.05) is 26.2 Å². The van der Waals surface area contributed by atoms with E-state index in [2.05, 4.69) is 47.5 Å². The molecular weight excluding hydrogens is 1060 g/mol. The summed E-state index contributed by atoms with van der Waals surface area (Å²) in [6, 6.07) is -6.00. The van der Waals surface area contributed by atoms with Crippen molar-refractivity contribution in [1.82, 2.24) is 53.2 Å². The Bertz CT molecular complexity index is 2280. The number of guanidine groups is 1. The van der Waals surface area contributed by atoms with E-state index < -0.39 is 163 Å². The van der Waals surface area contributed by atoms with Crippen LogP contribution in [0.15, 0.2) is 35.3 Å². The van der Waals surface area contributed by atoms with Crippen molar-refractivity contribution in [2.45, 2.75) is 147 Å². The van der Waals surface area contributed by atoms with Crippen LogP contribution in [0.1, 0.15) is 79.7 Å². The number of primary amides is 1. The maximum absolute atomic E-state index is 14.3. The zero-order chi connectivity index (χ0) is 59.0. The quantitative estimate of drug-likeness (QED) is 0.0392. The fraction of sp³-hybridized carbons (Fsp3) is 0.625. The molecule has 1 aliphatic heterocycles. The van der Waals surface area contributed by atoms with Gasteiger partial charge in [-0.15, -0.1) is 12.4 Å². The lowest BCUT2D eigenvalue weighted by Crippen LogP contribution is -2.64. The minimum atomic E-state index is -2.50. The largest absolute Gasteiger partial charge is 0.445 e. The van der Waals surface area contributed by atoms with Gasteiger partial charge >= 0.3 is 6.09 Å². The van der Waals surface area contributed by atoms with Gasteiger partial charge in [-0.1, -0.05) is 78.3 Å². The molecule has 1 aliphatic rings. The third kappa shape index (κ3) is 23.6. The van der Waals surface area contributed by atoms with Gasteiger partial charge in [-0.05, 0) is 49.5 Å². The summed E-state index contributed by atoms with van der Waals surface area (Å²) in [5.74, 6) is -14.1. The van der Waals surface area contributed by atoms with Crippen molar-refractivity contribution in [3.8, 4) is 0 Å². The first kappa shape index (κ1) is 69.6. The van der Waals surface area contributed by atoms with Gasteiger partial charge in [0.2, 0.25) is 59.1 Å². The van der Waals surface area contributed by atoms with Crippen LogP contribution in [-0.2, 0) is 59.3 Å². The van der Waals surface area contributed by atoms with E-state index in [0.717, 1.165) is 6.92 Å². The number of nitrogens with two attached hydrogens (primary N) is 3. The number of carbonyl (C=O) groups excluding carboxylic acids is 11. The topological polar surface area (TPSA) is 489 Å². The summed E-state index contributed by atoms with van der Waals surface area (Å²) in [5, 5.41) is 65.9. The fourth-order valence-corrected chi connectivity index (χ4v) is 7.41. The summed E-state index contributed by atoms with van der Waals surface area (Å²) in [7, 11) is 0. The molecule has 1 heterocycles. The molecule has 20 N–H and O–H groups in total. The molecule has 31 heteroatoms. The number of carbonyl (C=O) groups is 11. The average Bonchev–Trinajstić information content (AvgIpc) is 3.38. The standard InChI is InChI=1S/C48H78N14O16.ClH/c1-8-24(6)32-44(74)61-33(25(7)64)43(73)54-19-31(65)59-35(37(67)38(49)68)46(76)57-30(20-63)39(69)53-18-29(58-48(77)78-21-26-13-10-9-11-14-26)42(72)62-34(36(66)23(4)5)45(75)56-28(17-22(2)3)41(71)55-27(40(70)60-32)15-12-16-52-47(50)51;/h9-11,13-14,22-25,27-30,32-37,63-64,66-67H,8,12,15-21H2,1-7H3,(H2,49,68)(H,53,69)(H,54,73)(H,55,71)(H,56,75)(H,57,76)(H,58,77)(H,59,65)(H,60,70)(H,61,74)(H,62,72)(H4,50,51,52);1H/t24-,25-,27+,28-,29-,30-,32-,33-,34-,35-,36+,37-;/m0./s1. The predicted octanol–water partition coefficient (Wildman–Crippen LogP) is -6.28. The molecule has 1 saturated heterocycles. The third-order valence-electron chi connectivity index (χ3n) is 12.1. The molecule has 0 bridgehead atoms. The van der Waals surface area contributed by atoms with Gasteiger partial charge in [0.25, 0.3) is 0 Å². The van der Waals surface area contributed by atoms with Gasteiger partial charge in [0, 0.05) is 13.1 Å². The molecular formula is C48H79ClN14O16. The Labute approximate surface area is 462 Å². The summed E-state index contributed by atoms with van der Waals surface area (Å²) >= 11 is 0. The molecule has 1 fully saturated rings. The number of hydrogen-bond donors (Lipinski definition) is 17. The normalized spacial score (nSPS) is 24.4. The Kier molecular flexibility index (Phi) is 30.4. The summed E-state index contributed by atoms with van der Waals surface area (Å²) in [4.78, 5) is 154. The third-order valence-corrected chi connectivity index (χ3v) is 12.1. The average molecular weight is 1140 g/mol. The Hall–Kier alpha value is -7.41. The number of amides is 11. The van der Waals surface area contributed by atoms with Gasteiger partial charge in [-0.25, -0.2) is 4.79 Å². The number of aliphatic hydroxyl groups is 4. The molecule has 0 radical (unpaired) electrons. The molecule has 0 aromatic heterocycles. The lowest BCUT2D eigenvalue weighted by atomic mass is 9.96. The number of nitrogens with one attached hydrogen (secondary N) is 10. The van der Waals surface area contributed by atoms with E-state index in [1.165, 1.54) is 13.8 Å². The van der Waals surface area contributed by atoms with E-state index in [1.807, 2.05) is 10.6 Å². The van der Waals surface area contributed by atoms with Crippen LogP contribution in [-0.4, -0.2) is 184 Å². The van der Waals surface area contributed by atoms with E-state index >= 15 is 0 Å². The Morgan fingerprint density at radius 1 is 0.684 bits per heavy atom. The van der Waals surface area contributed by atoms with E-state index in [9.17, 15) is 73.2 Å². The number of halogens is 1. The summed E-state index contributed by atoms with van der Waals surface area (Å²) in [6.45, 7) is 7.34. The second-order valence-corrected chi connectivity index (χ2v) is 19.4. The Morgan fingerprint density at radius 3 is 1.80 bits per heavy atom. The van der Waals surface area contributed by atoms with Crippen LogP contribution in [0.3, 0.4) is 0 Å². The zero-order valence-electron chi connectivity index (χ0n) is 45.1. The number of rotatable bonds is 17. The van der Waals surface area contributed by atoms with E-state index in [0.29, 0.717) is 5.56 Å². The molecule has 11 amide bonds. The first-order chi connectivity index (χ1) is 36.6. The van der Waals surface area contributed by atoms with E-state index in [4.69, 9.17) is 21.9 Å². The predicted molar refractivity (Wildman–Crippen MR) is 284 cm³/mol. The molecule has 79 heavy (non-hydrogen) atoms. The maximum Gasteiger partial charge on any atom is 0.408 e. The molecule has 0 aliphatic carbocycles. The number of aliphatic hydroxyl groups excluding tert-OH is 4. The molecule has 0 unspecified atom stereocenters. The molecule has 30 nitrogen and oxygen atoms in total. The fourth-order valence-electron chi connectivity index (χ4n) is 7.41. The molecule has 0 spiro atoms. The highest BCUT2D eigenvalue weighted by Crippen LogP contribution is 2.14. The van der Waals surface area contributed by atoms with Gasteiger partial charge < -0.3 is 95.5 Å². The first-order valence-corrected chi connectivity index (χ1v) is 25.3. The summed E-state index contributed by atoms with van der Waals surface area (Å²) < 4.78 is 5.27. The van der Waals surface area contributed by atoms with Crippen LogP contribution in [0.5, 0.6) is 0 Å². The maximum atomic E-state index is 14.3. The van der Waals surface area contributed by atoms with Crippen molar-refractivity contribution >= 4 is 83.5 Å². The van der Waals surface area contributed by atoms with Crippen LogP contribution in [0.2, 0.25) is 0 Å². The van der Waals surface area contributed by atoms with Gasteiger partial charge in [0.1, 0.15) is 54.9 Å².